The van der Waals surface area contributed by atoms with Crippen LogP contribution < -0.4 is 11.1 Å². The van der Waals surface area contributed by atoms with Crippen molar-refractivity contribution in [1.29, 1.82) is 0 Å². The average molecular weight is 228 g/mol. The van der Waals surface area contributed by atoms with Gasteiger partial charge in [-0.3, -0.25) is 4.79 Å². The van der Waals surface area contributed by atoms with Gasteiger partial charge in [-0.15, -0.1) is 11.8 Å². The highest BCUT2D eigenvalue weighted by Gasteiger charge is 2.12. The zero-order chi connectivity index (χ0) is 11.3. The van der Waals surface area contributed by atoms with Crippen molar-refractivity contribution >= 4 is 17.7 Å². The number of rotatable bonds is 6. The lowest BCUT2D eigenvalue weighted by atomic mass is 10.2. The van der Waals surface area contributed by atoms with E-state index < -0.39 is 0 Å². The molecule has 0 saturated carbocycles. The predicted octanol–water partition coefficient (Wildman–Crippen LogP) is 1.14. The van der Waals surface area contributed by atoms with E-state index in [2.05, 4.69) is 5.32 Å². The molecule has 0 saturated heterocycles. The maximum Gasteiger partial charge on any atom is 0.234 e. The first kappa shape index (κ1) is 12.1. The molecule has 84 valence electrons. The number of aryl methyl sites for hydroxylation is 1. The van der Waals surface area contributed by atoms with Crippen LogP contribution >= 0.6 is 11.8 Å². The number of furan rings is 1. The van der Waals surface area contributed by atoms with Crippen LogP contribution in [0.5, 0.6) is 0 Å². The summed E-state index contributed by atoms with van der Waals surface area (Å²) >= 11 is 1.67. The lowest BCUT2D eigenvalue weighted by Crippen LogP contribution is -2.39. The van der Waals surface area contributed by atoms with E-state index >= 15 is 0 Å². The van der Waals surface area contributed by atoms with Crippen LogP contribution in [0.15, 0.2) is 21.6 Å². The van der Waals surface area contributed by atoms with Gasteiger partial charge < -0.3 is 15.5 Å². The molecule has 1 amide bonds. The maximum absolute atomic E-state index is 10.9. The number of hydrogen-bond donors (Lipinski definition) is 2. The number of carbonyl (C=O) groups excluding carboxylic acids is 1. The van der Waals surface area contributed by atoms with Gasteiger partial charge in [0.2, 0.25) is 5.91 Å². The lowest BCUT2D eigenvalue weighted by molar-refractivity contribution is -0.119. The summed E-state index contributed by atoms with van der Waals surface area (Å²) in [7, 11) is 1.74. The highest BCUT2D eigenvalue weighted by Crippen LogP contribution is 2.23. The second-order valence-electron chi connectivity index (χ2n) is 3.22. The van der Waals surface area contributed by atoms with Gasteiger partial charge in [-0.1, -0.05) is 0 Å². The molecule has 5 heteroatoms. The number of hydrogen-bond acceptors (Lipinski definition) is 4. The minimum Gasteiger partial charge on any atom is -0.468 e. The van der Waals surface area contributed by atoms with Crippen molar-refractivity contribution in [3.63, 3.8) is 0 Å². The topological polar surface area (TPSA) is 68.3 Å². The third kappa shape index (κ3) is 3.60. The van der Waals surface area contributed by atoms with Gasteiger partial charge in [-0.25, -0.2) is 0 Å². The average Bonchev–Trinajstić information content (AvgIpc) is 2.58. The molecule has 15 heavy (non-hydrogen) atoms. The molecule has 0 aromatic carbocycles. The molecular weight excluding hydrogens is 212 g/mol. The molecule has 0 aliphatic rings. The van der Waals surface area contributed by atoms with Crippen LogP contribution in [-0.2, 0) is 4.79 Å². The summed E-state index contributed by atoms with van der Waals surface area (Å²) in [4.78, 5) is 12.0. The molecule has 1 aromatic heterocycles. The summed E-state index contributed by atoms with van der Waals surface area (Å²) in [6.07, 6.45) is 2.39. The fourth-order valence-electron chi connectivity index (χ4n) is 1.24. The number of thioether (sulfide) groups is 1. The Bertz CT molecular complexity index is 325. The van der Waals surface area contributed by atoms with E-state index in [1.807, 2.05) is 13.0 Å². The molecule has 0 spiro atoms. The molecule has 0 bridgehead atoms. The third-order valence-corrected chi connectivity index (χ3v) is 3.34. The van der Waals surface area contributed by atoms with Crippen molar-refractivity contribution in [3.8, 4) is 0 Å². The normalized spacial score (nSPS) is 12.7. The molecule has 1 atom stereocenters. The summed E-state index contributed by atoms with van der Waals surface area (Å²) in [5, 5.41) is 2.88. The molecule has 0 aliphatic heterocycles. The van der Waals surface area contributed by atoms with Crippen LogP contribution in [0.25, 0.3) is 0 Å². The Morgan fingerprint density at radius 2 is 2.47 bits per heavy atom. The van der Waals surface area contributed by atoms with Gasteiger partial charge in [0, 0.05) is 10.6 Å². The molecule has 1 unspecified atom stereocenters. The standard InChI is InChI=1S/C10H16N2O2S/c1-7-9(3-5-14-7)15-6-4-8(12-2)10(11)13/h3,5,8,12H,4,6H2,1-2H3,(H2,11,13). The van der Waals surface area contributed by atoms with Gasteiger partial charge in [0.05, 0.1) is 12.3 Å². The van der Waals surface area contributed by atoms with Crippen molar-refractivity contribution in [2.24, 2.45) is 5.73 Å². The summed E-state index contributed by atoms with van der Waals surface area (Å²) in [5.41, 5.74) is 5.21. The van der Waals surface area contributed by atoms with Gasteiger partial charge in [0.1, 0.15) is 5.76 Å². The maximum atomic E-state index is 10.9. The van der Waals surface area contributed by atoms with Crippen LogP contribution in [0.1, 0.15) is 12.2 Å². The number of carbonyl (C=O) groups is 1. The Morgan fingerprint density at radius 1 is 1.73 bits per heavy atom. The molecule has 1 aromatic rings. The van der Waals surface area contributed by atoms with E-state index in [9.17, 15) is 4.79 Å². The van der Waals surface area contributed by atoms with Crippen molar-refractivity contribution in [2.45, 2.75) is 24.3 Å². The minimum atomic E-state index is -0.304. The third-order valence-electron chi connectivity index (χ3n) is 2.17. The second kappa shape index (κ2) is 5.82. The first-order valence-corrected chi connectivity index (χ1v) is 5.77. The highest BCUT2D eigenvalue weighted by atomic mass is 32.2. The van der Waals surface area contributed by atoms with Gasteiger partial charge in [0.15, 0.2) is 0 Å². The van der Waals surface area contributed by atoms with E-state index in [0.29, 0.717) is 0 Å². The van der Waals surface area contributed by atoms with Crippen LogP contribution in [0, 0.1) is 6.92 Å². The van der Waals surface area contributed by atoms with E-state index in [1.165, 1.54) is 0 Å². The number of nitrogens with two attached hydrogens (primary N) is 1. The molecule has 4 nitrogen and oxygen atoms in total. The van der Waals surface area contributed by atoms with E-state index in [1.54, 1.807) is 25.1 Å². The molecule has 3 N–H and O–H groups in total. The molecule has 1 rings (SSSR count). The highest BCUT2D eigenvalue weighted by molar-refractivity contribution is 7.99. The largest absolute Gasteiger partial charge is 0.468 e. The monoisotopic (exact) mass is 228 g/mol. The summed E-state index contributed by atoms with van der Waals surface area (Å²) < 4.78 is 5.17. The number of primary amides is 1. The van der Waals surface area contributed by atoms with E-state index in [-0.39, 0.29) is 11.9 Å². The molecular formula is C10H16N2O2S. The van der Waals surface area contributed by atoms with Gasteiger partial charge in [0.25, 0.3) is 0 Å². The zero-order valence-electron chi connectivity index (χ0n) is 8.95. The van der Waals surface area contributed by atoms with Crippen molar-refractivity contribution in [2.75, 3.05) is 12.8 Å². The first-order valence-electron chi connectivity index (χ1n) is 4.78. The Kier molecular flexibility index (Phi) is 4.71. The van der Waals surface area contributed by atoms with Gasteiger partial charge in [-0.2, -0.15) is 0 Å². The number of amides is 1. The first-order chi connectivity index (χ1) is 7.15. The predicted molar refractivity (Wildman–Crippen MR) is 60.8 cm³/mol. The van der Waals surface area contributed by atoms with Crippen molar-refractivity contribution in [3.05, 3.63) is 18.1 Å². The molecule has 0 radical (unpaired) electrons. The lowest BCUT2D eigenvalue weighted by Gasteiger charge is -2.10. The summed E-state index contributed by atoms with van der Waals surface area (Å²) in [6.45, 7) is 1.92. The number of nitrogens with one attached hydrogen (secondary N) is 1. The zero-order valence-corrected chi connectivity index (χ0v) is 9.76. The van der Waals surface area contributed by atoms with Crippen molar-refractivity contribution < 1.29 is 9.21 Å². The molecule has 1 heterocycles. The minimum absolute atomic E-state index is 0.246. The summed E-state index contributed by atoms with van der Waals surface area (Å²) in [5.74, 6) is 1.46. The quantitative estimate of drug-likeness (QED) is 0.716. The van der Waals surface area contributed by atoms with Crippen LogP contribution in [0.2, 0.25) is 0 Å². The molecule has 0 fully saturated rings. The Hall–Kier alpha value is -0.940. The van der Waals surface area contributed by atoms with E-state index in [4.69, 9.17) is 10.2 Å². The Balaban J connectivity index is 2.33. The van der Waals surface area contributed by atoms with Crippen LogP contribution in [-0.4, -0.2) is 24.7 Å². The number of likely N-dealkylation sites (N-methyl/N-ethyl adjacent to an activating group) is 1. The fraction of sp³-hybridized carbons (Fsp3) is 0.500. The van der Waals surface area contributed by atoms with Gasteiger partial charge in [-0.05, 0) is 26.5 Å². The Labute approximate surface area is 93.6 Å². The SMILES string of the molecule is CNC(CCSc1ccoc1C)C(N)=O. The second-order valence-corrected chi connectivity index (χ2v) is 4.36. The summed E-state index contributed by atoms with van der Waals surface area (Å²) in [6, 6.07) is 1.68. The van der Waals surface area contributed by atoms with Crippen molar-refractivity contribution in [1.82, 2.24) is 5.32 Å². The van der Waals surface area contributed by atoms with Crippen LogP contribution in [0.3, 0.4) is 0 Å². The van der Waals surface area contributed by atoms with Crippen LogP contribution in [0.4, 0.5) is 0 Å². The smallest absolute Gasteiger partial charge is 0.234 e. The molecule has 0 aliphatic carbocycles. The van der Waals surface area contributed by atoms with Gasteiger partial charge >= 0.3 is 0 Å². The van der Waals surface area contributed by atoms with E-state index in [0.717, 1.165) is 22.8 Å². The Morgan fingerprint density at radius 3 is 2.93 bits per heavy atom. The fourth-order valence-corrected chi connectivity index (χ4v) is 2.22.